The Bertz CT molecular complexity index is 972. The first-order valence-corrected chi connectivity index (χ1v) is 9.93. The number of benzene rings is 1. The summed E-state index contributed by atoms with van der Waals surface area (Å²) >= 11 is 0. The van der Waals surface area contributed by atoms with E-state index in [0.29, 0.717) is 6.54 Å². The largest absolute Gasteiger partial charge is 0.361 e. The fraction of sp³-hybridized carbons (Fsp3) is 0.450. The molecule has 7 nitrogen and oxygen atoms in total. The van der Waals surface area contributed by atoms with Crippen LogP contribution in [0.3, 0.4) is 0 Å². The van der Waals surface area contributed by atoms with Crippen LogP contribution in [0.5, 0.6) is 0 Å². The minimum Gasteiger partial charge on any atom is -0.361 e. The number of hydrogen-bond acceptors (Lipinski definition) is 3. The highest BCUT2D eigenvalue weighted by Crippen LogP contribution is 2.19. The van der Waals surface area contributed by atoms with E-state index in [0.717, 1.165) is 66.6 Å². The summed E-state index contributed by atoms with van der Waals surface area (Å²) in [6, 6.07) is 4.85. The third kappa shape index (κ3) is 4.00. The van der Waals surface area contributed by atoms with E-state index >= 15 is 0 Å². The van der Waals surface area contributed by atoms with E-state index in [4.69, 9.17) is 0 Å². The zero-order valence-corrected chi connectivity index (χ0v) is 16.1. The van der Waals surface area contributed by atoms with Gasteiger partial charge in [0.05, 0.1) is 0 Å². The number of aromatic amines is 1. The minimum atomic E-state index is -0.226. The van der Waals surface area contributed by atoms with Crippen molar-refractivity contribution in [1.82, 2.24) is 30.4 Å². The maximum atomic E-state index is 13.3. The Balaban J connectivity index is 1.38. The summed E-state index contributed by atoms with van der Waals surface area (Å²) in [5.74, 6) is 2.54. The van der Waals surface area contributed by atoms with Gasteiger partial charge in [0.1, 0.15) is 18.2 Å². The van der Waals surface area contributed by atoms with Crippen molar-refractivity contribution in [2.45, 2.75) is 45.7 Å². The highest BCUT2D eigenvalue weighted by molar-refractivity contribution is 5.83. The van der Waals surface area contributed by atoms with Crippen LogP contribution in [-0.2, 0) is 25.9 Å². The van der Waals surface area contributed by atoms with Crippen LogP contribution >= 0.6 is 0 Å². The van der Waals surface area contributed by atoms with Gasteiger partial charge in [-0.1, -0.05) is 0 Å². The van der Waals surface area contributed by atoms with Crippen LogP contribution in [0.25, 0.3) is 10.9 Å². The van der Waals surface area contributed by atoms with Crippen LogP contribution in [-0.4, -0.2) is 38.8 Å². The van der Waals surface area contributed by atoms with Crippen molar-refractivity contribution < 1.29 is 4.39 Å². The minimum absolute atomic E-state index is 0.226. The second kappa shape index (κ2) is 8.41. The van der Waals surface area contributed by atoms with Crippen molar-refractivity contribution >= 4 is 16.9 Å². The highest BCUT2D eigenvalue weighted by Gasteiger charge is 2.15. The first kappa shape index (κ1) is 18.5. The highest BCUT2D eigenvalue weighted by atomic mass is 19.1. The van der Waals surface area contributed by atoms with E-state index in [-0.39, 0.29) is 5.82 Å². The van der Waals surface area contributed by atoms with Crippen LogP contribution in [0.4, 0.5) is 4.39 Å². The molecule has 1 aromatic carbocycles. The van der Waals surface area contributed by atoms with Crippen molar-refractivity contribution in [3.8, 4) is 0 Å². The smallest absolute Gasteiger partial charge is 0.191 e. The number of hydrogen-bond donors (Lipinski definition) is 3. The first-order valence-electron chi connectivity index (χ1n) is 9.93. The van der Waals surface area contributed by atoms with Crippen LogP contribution < -0.4 is 10.6 Å². The Labute approximate surface area is 163 Å². The Kier molecular flexibility index (Phi) is 5.55. The Morgan fingerprint density at radius 2 is 2.21 bits per heavy atom. The van der Waals surface area contributed by atoms with E-state index in [1.54, 1.807) is 0 Å². The molecule has 28 heavy (non-hydrogen) atoms. The molecule has 0 fully saturated rings. The van der Waals surface area contributed by atoms with Gasteiger partial charge in [0, 0.05) is 43.2 Å². The zero-order valence-electron chi connectivity index (χ0n) is 16.1. The van der Waals surface area contributed by atoms with Crippen LogP contribution in [0, 0.1) is 5.82 Å². The number of aromatic nitrogens is 4. The second-order valence-corrected chi connectivity index (χ2v) is 7.02. The van der Waals surface area contributed by atoms with Crippen molar-refractivity contribution in [3.05, 3.63) is 47.4 Å². The molecule has 0 saturated carbocycles. The Hall–Kier alpha value is -2.90. The molecule has 4 rings (SSSR count). The normalized spacial score (nSPS) is 14.3. The summed E-state index contributed by atoms with van der Waals surface area (Å²) in [6.45, 7) is 5.06. The molecular formula is C20H26FN7. The van der Waals surface area contributed by atoms with Crippen molar-refractivity contribution in [2.24, 2.45) is 4.99 Å². The summed E-state index contributed by atoms with van der Waals surface area (Å²) in [5, 5.41) is 16.3. The zero-order chi connectivity index (χ0) is 19.3. The fourth-order valence-corrected chi connectivity index (χ4v) is 3.66. The molecule has 0 bridgehead atoms. The summed E-state index contributed by atoms with van der Waals surface area (Å²) in [4.78, 5) is 7.80. The molecule has 0 unspecified atom stereocenters. The molecule has 0 spiro atoms. The number of nitrogens with zero attached hydrogens (tertiary/aromatic N) is 4. The molecule has 0 radical (unpaired) electrons. The van der Waals surface area contributed by atoms with E-state index in [9.17, 15) is 4.39 Å². The molecule has 0 aliphatic carbocycles. The molecule has 1 aliphatic rings. The lowest BCUT2D eigenvalue weighted by atomic mass is 10.1. The Morgan fingerprint density at radius 3 is 3.11 bits per heavy atom. The van der Waals surface area contributed by atoms with Crippen molar-refractivity contribution in [3.63, 3.8) is 0 Å². The van der Waals surface area contributed by atoms with E-state index in [1.807, 2.05) is 19.2 Å². The molecule has 148 valence electrons. The van der Waals surface area contributed by atoms with Gasteiger partial charge in [-0.25, -0.2) is 9.38 Å². The molecule has 2 aromatic heterocycles. The maximum absolute atomic E-state index is 13.3. The number of fused-ring (bicyclic) bond motifs is 2. The first-order chi connectivity index (χ1) is 13.7. The van der Waals surface area contributed by atoms with Crippen LogP contribution in [0.2, 0.25) is 0 Å². The number of rotatable bonds is 6. The van der Waals surface area contributed by atoms with Gasteiger partial charge < -0.3 is 20.2 Å². The van der Waals surface area contributed by atoms with Gasteiger partial charge in [0.2, 0.25) is 0 Å². The van der Waals surface area contributed by atoms with E-state index in [2.05, 4.69) is 35.4 Å². The lowest BCUT2D eigenvalue weighted by molar-refractivity contribution is 0.508. The van der Waals surface area contributed by atoms with Gasteiger partial charge in [-0.15, -0.1) is 10.2 Å². The number of H-pyrrole nitrogens is 1. The standard InChI is InChI=1S/C20H26FN7/c1-2-22-20(25-13-19-27-26-18-5-3-4-10-28(18)19)23-9-8-14-12-24-17-11-15(21)6-7-16(14)17/h6-7,11-12,24H,2-5,8-10,13H2,1H3,(H2,22,23,25). The predicted molar refractivity (Wildman–Crippen MR) is 108 cm³/mol. The SMILES string of the molecule is CCNC(=NCc1nnc2n1CCCC2)NCCc1c[nH]c2cc(F)ccc12. The summed E-state index contributed by atoms with van der Waals surface area (Å²) in [7, 11) is 0. The molecule has 3 aromatic rings. The van der Waals surface area contributed by atoms with Gasteiger partial charge in [-0.2, -0.15) is 0 Å². The fourth-order valence-electron chi connectivity index (χ4n) is 3.66. The monoisotopic (exact) mass is 383 g/mol. The average Bonchev–Trinajstić information content (AvgIpc) is 3.30. The molecule has 8 heteroatoms. The maximum Gasteiger partial charge on any atom is 0.191 e. The third-order valence-corrected chi connectivity index (χ3v) is 5.08. The molecule has 3 N–H and O–H groups in total. The number of halogens is 1. The van der Waals surface area contributed by atoms with Crippen molar-refractivity contribution in [2.75, 3.05) is 13.1 Å². The lowest BCUT2D eigenvalue weighted by Crippen LogP contribution is -2.38. The van der Waals surface area contributed by atoms with Gasteiger partial charge in [0.25, 0.3) is 0 Å². The van der Waals surface area contributed by atoms with E-state index in [1.165, 1.54) is 25.0 Å². The molecule has 1 aliphatic heterocycles. The van der Waals surface area contributed by atoms with Gasteiger partial charge in [0.15, 0.2) is 11.8 Å². The Morgan fingerprint density at radius 1 is 1.29 bits per heavy atom. The number of guanidine groups is 1. The molecule has 0 atom stereocenters. The predicted octanol–water partition coefficient (Wildman–Crippen LogP) is 2.53. The van der Waals surface area contributed by atoms with Gasteiger partial charge >= 0.3 is 0 Å². The molecular weight excluding hydrogens is 357 g/mol. The molecule has 3 heterocycles. The lowest BCUT2D eigenvalue weighted by Gasteiger charge is -2.14. The van der Waals surface area contributed by atoms with Crippen LogP contribution in [0.15, 0.2) is 29.4 Å². The van der Waals surface area contributed by atoms with Gasteiger partial charge in [-0.3, -0.25) is 0 Å². The second-order valence-electron chi connectivity index (χ2n) is 7.02. The number of aryl methyl sites for hydroxylation is 1. The van der Waals surface area contributed by atoms with E-state index < -0.39 is 0 Å². The molecule has 0 saturated heterocycles. The average molecular weight is 383 g/mol. The summed E-state index contributed by atoms with van der Waals surface area (Å²) < 4.78 is 15.5. The molecule has 0 amide bonds. The topological polar surface area (TPSA) is 82.9 Å². The number of nitrogens with one attached hydrogen (secondary N) is 3. The number of aliphatic imine (C=N–C) groups is 1. The van der Waals surface area contributed by atoms with Gasteiger partial charge in [-0.05, 0) is 49.9 Å². The quantitative estimate of drug-likeness (QED) is 0.451. The summed E-state index contributed by atoms with van der Waals surface area (Å²) in [6.07, 6.45) is 6.12. The summed E-state index contributed by atoms with van der Waals surface area (Å²) in [5.41, 5.74) is 1.98. The van der Waals surface area contributed by atoms with Crippen molar-refractivity contribution in [1.29, 1.82) is 0 Å². The van der Waals surface area contributed by atoms with Crippen LogP contribution in [0.1, 0.15) is 37.0 Å². The third-order valence-electron chi connectivity index (χ3n) is 5.08.